The van der Waals surface area contributed by atoms with Gasteiger partial charge in [-0.15, -0.1) is 0 Å². The van der Waals surface area contributed by atoms with Gasteiger partial charge in [-0.25, -0.2) is 0 Å². The first kappa shape index (κ1) is 15.0. The SMILES string of the molecule is CC(C)C(=O)N1CC(CCc2ccccc2)OCC1C. The lowest BCUT2D eigenvalue weighted by Crippen LogP contribution is -2.52. The molecule has 110 valence electrons. The number of amides is 1. The molecule has 1 aromatic carbocycles. The topological polar surface area (TPSA) is 29.5 Å². The normalized spacial score (nSPS) is 23.1. The van der Waals surface area contributed by atoms with E-state index in [0.29, 0.717) is 6.61 Å². The van der Waals surface area contributed by atoms with Crippen molar-refractivity contribution in [3.8, 4) is 0 Å². The second kappa shape index (κ2) is 6.89. The Balaban J connectivity index is 1.89. The predicted molar refractivity (Wildman–Crippen MR) is 80.5 cm³/mol. The fourth-order valence-electron chi connectivity index (χ4n) is 2.60. The number of hydrogen-bond donors (Lipinski definition) is 0. The van der Waals surface area contributed by atoms with Gasteiger partial charge in [0.15, 0.2) is 0 Å². The first-order valence-corrected chi connectivity index (χ1v) is 7.54. The average molecular weight is 275 g/mol. The van der Waals surface area contributed by atoms with E-state index in [9.17, 15) is 4.79 Å². The molecule has 1 fully saturated rings. The lowest BCUT2D eigenvalue weighted by molar-refractivity contribution is -0.147. The van der Waals surface area contributed by atoms with Crippen LogP contribution in [0.5, 0.6) is 0 Å². The molecule has 0 spiro atoms. The van der Waals surface area contributed by atoms with Crippen molar-refractivity contribution < 1.29 is 9.53 Å². The van der Waals surface area contributed by atoms with Crippen molar-refractivity contribution in [2.75, 3.05) is 13.2 Å². The van der Waals surface area contributed by atoms with E-state index in [-0.39, 0.29) is 24.0 Å². The Labute approximate surface area is 121 Å². The summed E-state index contributed by atoms with van der Waals surface area (Å²) in [5, 5.41) is 0. The van der Waals surface area contributed by atoms with Gasteiger partial charge in [0.05, 0.1) is 18.8 Å². The van der Waals surface area contributed by atoms with Crippen LogP contribution >= 0.6 is 0 Å². The van der Waals surface area contributed by atoms with Gasteiger partial charge < -0.3 is 9.64 Å². The number of ether oxygens (including phenoxy) is 1. The van der Waals surface area contributed by atoms with E-state index in [2.05, 4.69) is 31.2 Å². The monoisotopic (exact) mass is 275 g/mol. The molecule has 0 saturated carbocycles. The Hall–Kier alpha value is -1.35. The van der Waals surface area contributed by atoms with E-state index < -0.39 is 0 Å². The molecule has 1 aromatic rings. The van der Waals surface area contributed by atoms with E-state index in [1.165, 1.54) is 5.56 Å². The third-order valence-corrected chi connectivity index (χ3v) is 3.88. The number of rotatable bonds is 4. The standard InChI is InChI=1S/C17H25NO2/c1-13(2)17(19)18-11-16(20-12-14(18)3)10-9-15-7-5-4-6-8-15/h4-8,13-14,16H,9-12H2,1-3H3. The highest BCUT2D eigenvalue weighted by molar-refractivity contribution is 5.78. The van der Waals surface area contributed by atoms with Crippen LogP contribution in [0.15, 0.2) is 30.3 Å². The van der Waals surface area contributed by atoms with Gasteiger partial charge >= 0.3 is 0 Å². The van der Waals surface area contributed by atoms with Crippen LogP contribution in [0.3, 0.4) is 0 Å². The molecule has 1 aliphatic heterocycles. The summed E-state index contributed by atoms with van der Waals surface area (Å²) in [4.78, 5) is 14.2. The quantitative estimate of drug-likeness (QED) is 0.845. The van der Waals surface area contributed by atoms with Crippen molar-refractivity contribution in [1.82, 2.24) is 4.90 Å². The average Bonchev–Trinajstić information content (AvgIpc) is 2.46. The minimum Gasteiger partial charge on any atom is -0.374 e. The second-order valence-corrected chi connectivity index (χ2v) is 5.97. The molecule has 0 bridgehead atoms. The van der Waals surface area contributed by atoms with Gasteiger partial charge in [-0.05, 0) is 25.3 Å². The van der Waals surface area contributed by atoms with E-state index >= 15 is 0 Å². The van der Waals surface area contributed by atoms with Crippen LogP contribution in [0.25, 0.3) is 0 Å². The Bertz CT molecular complexity index is 430. The van der Waals surface area contributed by atoms with Crippen molar-refractivity contribution in [3.63, 3.8) is 0 Å². The van der Waals surface area contributed by atoms with Crippen LogP contribution in [0.4, 0.5) is 0 Å². The molecule has 20 heavy (non-hydrogen) atoms. The molecule has 1 aliphatic rings. The van der Waals surface area contributed by atoms with Crippen molar-refractivity contribution in [2.45, 2.75) is 45.8 Å². The molecule has 2 rings (SSSR count). The van der Waals surface area contributed by atoms with E-state index in [1.54, 1.807) is 0 Å². The number of morpholine rings is 1. The number of nitrogens with zero attached hydrogens (tertiary/aromatic N) is 1. The summed E-state index contributed by atoms with van der Waals surface area (Å²) in [6.07, 6.45) is 2.14. The first-order valence-electron chi connectivity index (χ1n) is 7.54. The van der Waals surface area contributed by atoms with Crippen molar-refractivity contribution in [1.29, 1.82) is 0 Å². The molecule has 1 amide bonds. The summed E-state index contributed by atoms with van der Waals surface area (Å²) < 4.78 is 5.88. The summed E-state index contributed by atoms with van der Waals surface area (Å²) in [6.45, 7) is 7.36. The van der Waals surface area contributed by atoms with E-state index in [0.717, 1.165) is 19.4 Å². The van der Waals surface area contributed by atoms with Gasteiger partial charge in [-0.1, -0.05) is 44.2 Å². The highest BCUT2D eigenvalue weighted by atomic mass is 16.5. The van der Waals surface area contributed by atoms with Crippen LogP contribution in [0.2, 0.25) is 0 Å². The van der Waals surface area contributed by atoms with Gasteiger partial charge in [-0.3, -0.25) is 4.79 Å². The highest BCUT2D eigenvalue weighted by Gasteiger charge is 2.30. The summed E-state index contributed by atoms with van der Waals surface area (Å²) in [7, 11) is 0. The molecule has 2 unspecified atom stereocenters. The lowest BCUT2D eigenvalue weighted by atomic mass is 10.0. The molecule has 0 radical (unpaired) electrons. The fraction of sp³-hybridized carbons (Fsp3) is 0.588. The van der Waals surface area contributed by atoms with Crippen LogP contribution in [-0.2, 0) is 16.0 Å². The van der Waals surface area contributed by atoms with Crippen molar-refractivity contribution >= 4 is 5.91 Å². The van der Waals surface area contributed by atoms with Gasteiger partial charge in [0.1, 0.15) is 0 Å². The number of carbonyl (C=O) groups excluding carboxylic acids is 1. The Morgan fingerprint density at radius 2 is 2.05 bits per heavy atom. The Morgan fingerprint density at radius 3 is 2.70 bits per heavy atom. The third kappa shape index (κ3) is 3.83. The Kier molecular flexibility index (Phi) is 5.18. The fourth-order valence-corrected chi connectivity index (χ4v) is 2.60. The first-order chi connectivity index (χ1) is 9.58. The molecule has 2 atom stereocenters. The van der Waals surface area contributed by atoms with Crippen LogP contribution in [0, 0.1) is 5.92 Å². The molecule has 3 heteroatoms. The summed E-state index contributed by atoms with van der Waals surface area (Å²) in [5.41, 5.74) is 1.33. The number of hydrogen-bond acceptors (Lipinski definition) is 2. The van der Waals surface area contributed by atoms with Crippen LogP contribution in [-0.4, -0.2) is 36.1 Å². The maximum Gasteiger partial charge on any atom is 0.225 e. The van der Waals surface area contributed by atoms with E-state index in [4.69, 9.17) is 4.74 Å². The smallest absolute Gasteiger partial charge is 0.225 e. The largest absolute Gasteiger partial charge is 0.374 e. The molecule has 1 heterocycles. The maximum absolute atomic E-state index is 12.2. The predicted octanol–water partition coefficient (Wildman–Crippen LogP) is 2.89. The molecular formula is C17H25NO2. The van der Waals surface area contributed by atoms with Gasteiger partial charge in [-0.2, -0.15) is 0 Å². The van der Waals surface area contributed by atoms with Crippen LogP contribution in [0.1, 0.15) is 32.8 Å². The molecule has 3 nitrogen and oxygen atoms in total. The van der Waals surface area contributed by atoms with Gasteiger partial charge in [0.25, 0.3) is 0 Å². The molecular weight excluding hydrogens is 250 g/mol. The zero-order valence-electron chi connectivity index (χ0n) is 12.7. The summed E-state index contributed by atoms with van der Waals surface area (Å²) in [6, 6.07) is 10.6. The molecule has 0 aliphatic carbocycles. The molecule has 0 N–H and O–H groups in total. The van der Waals surface area contributed by atoms with Crippen molar-refractivity contribution in [2.24, 2.45) is 5.92 Å². The van der Waals surface area contributed by atoms with Gasteiger partial charge in [0.2, 0.25) is 5.91 Å². The lowest BCUT2D eigenvalue weighted by Gasteiger charge is -2.39. The maximum atomic E-state index is 12.2. The van der Waals surface area contributed by atoms with Crippen LogP contribution < -0.4 is 0 Å². The second-order valence-electron chi connectivity index (χ2n) is 5.97. The summed E-state index contributed by atoms with van der Waals surface area (Å²) in [5.74, 6) is 0.302. The minimum absolute atomic E-state index is 0.0605. The molecule has 1 saturated heterocycles. The summed E-state index contributed by atoms with van der Waals surface area (Å²) >= 11 is 0. The zero-order valence-corrected chi connectivity index (χ0v) is 12.7. The highest BCUT2D eigenvalue weighted by Crippen LogP contribution is 2.18. The number of benzene rings is 1. The number of carbonyl (C=O) groups is 1. The van der Waals surface area contributed by atoms with E-state index in [1.807, 2.05) is 24.8 Å². The minimum atomic E-state index is 0.0605. The third-order valence-electron chi connectivity index (χ3n) is 3.88. The zero-order chi connectivity index (χ0) is 14.5. The van der Waals surface area contributed by atoms with Crippen molar-refractivity contribution in [3.05, 3.63) is 35.9 Å². The Morgan fingerprint density at radius 1 is 1.35 bits per heavy atom. The van der Waals surface area contributed by atoms with Gasteiger partial charge in [0, 0.05) is 12.5 Å². The number of aryl methyl sites for hydroxylation is 1. The molecule has 0 aromatic heterocycles.